The summed E-state index contributed by atoms with van der Waals surface area (Å²) in [6.45, 7) is 2.05. The van der Waals surface area contributed by atoms with Crippen molar-refractivity contribution < 1.29 is 4.79 Å². The Hall–Kier alpha value is -2.15. The third kappa shape index (κ3) is 2.57. The Morgan fingerprint density at radius 2 is 2.04 bits per heavy atom. The molecule has 132 valence electrons. The molecule has 1 aliphatic carbocycles. The SMILES string of the molecule is CC[C@@H]1C(=O)N(C)c2cnc(-n3ccnc3Cl)nc2N1C1CCCC1. The molecule has 0 aromatic carbocycles. The number of carbonyl (C=O) groups excluding carboxylic acids is 1. The van der Waals surface area contributed by atoms with Gasteiger partial charge >= 0.3 is 0 Å². The molecule has 8 heteroatoms. The second-order valence-electron chi connectivity index (χ2n) is 6.61. The monoisotopic (exact) mass is 360 g/mol. The minimum Gasteiger partial charge on any atom is -0.340 e. The number of hydrogen-bond donors (Lipinski definition) is 0. The van der Waals surface area contributed by atoms with Crippen LogP contribution in [0.15, 0.2) is 18.6 Å². The number of likely N-dealkylation sites (N-methyl/N-ethyl adjacent to an activating group) is 1. The predicted octanol–water partition coefficient (Wildman–Crippen LogP) is 2.82. The number of halogens is 1. The van der Waals surface area contributed by atoms with Gasteiger partial charge in [0.2, 0.25) is 17.1 Å². The number of fused-ring (bicyclic) bond motifs is 1. The summed E-state index contributed by atoms with van der Waals surface area (Å²) >= 11 is 6.12. The van der Waals surface area contributed by atoms with Crippen LogP contribution in [0, 0.1) is 0 Å². The van der Waals surface area contributed by atoms with Gasteiger partial charge in [-0.05, 0) is 30.9 Å². The second-order valence-corrected chi connectivity index (χ2v) is 6.95. The van der Waals surface area contributed by atoms with E-state index in [9.17, 15) is 4.79 Å². The highest BCUT2D eigenvalue weighted by Gasteiger charge is 2.41. The molecule has 1 saturated carbocycles. The Kier molecular flexibility index (Phi) is 4.11. The smallest absolute Gasteiger partial charge is 0.249 e. The lowest BCUT2D eigenvalue weighted by Gasteiger charge is -2.43. The molecule has 2 aliphatic rings. The average Bonchev–Trinajstić information content (AvgIpc) is 3.29. The summed E-state index contributed by atoms with van der Waals surface area (Å²) in [7, 11) is 1.79. The summed E-state index contributed by atoms with van der Waals surface area (Å²) in [5.74, 6) is 1.40. The van der Waals surface area contributed by atoms with Gasteiger partial charge in [-0.15, -0.1) is 0 Å². The first kappa shape index (κ1) is 16.3. The number of anilines is 2. The van der Waals surface area contributed by atoms with Gasteiger partial charge in [0.15, 0.2) is 5.82 Å². The topological polar surface area (TPSA) is 67.2 Å². The zero-order valence-electron chi connectivity index (χ0n) is 14.4. The van der Waals surface area contributed by atoms with Gasteiger partial charge in [-0.1, -0.05) is 19.8 Å². The minimum atomic E-state index is -0.179. The number of rotatable bonds is 3. The van der Waals surface area contributed by atoms with Crippen LogP contribution in [0.3, 0.4) is 0 Å². The van der Waals surface area contributed by atoms with Crippen LogP contribution in [0.4, 0.5) is 11.5 Å². The summed E-state index contributed by atoms with van der Waals surface area (Å²) in [6, 6.07) is 0.170. The lowest BCUT2D eigenvalue weighted by molar-refractivity contribution is -0.120. The van der Waals surface area contributed by atoms with Crippen LogP contribution in [0.25, 0.3) is 5.95 Å². The summed E-state index contributed by atoms with van der Waals surface area (Å²) in [4.78, 5) is 30.0. The summed E-state index contributed by atoms with van der Waals surface area (Å²) in [6.07, 6.45) is 10.4. The maximum absolute atomic E-state index is 12.8. The molecule has 0 bridgehead atoms. The van der Waals surface area contributed by atoms with E-state index in [0.717, 1.165) is 30.8 Å². The zero-order valence-corrected chi connectivity index (χ0v) is 15.1. The highest BCUT2D eigenvalue weighted by atomic mass is 35.5. The fourth-order valence-corrected chi connectivity index (χ4v) is 4.11. The van der Waals surface area contributed by atoms with Crippen LogP contribution >= 0.6 is 11.6 Å². The van der Waals surface area contributed by atoms with E-state index in [-0.39, 0.29) is 11.9 Å². The highest BCUT2D eigenvalue weighted by molar-refractivity contribution is 6.28. The van der Waals surface area contributed by atoms with Crippen LogP contribution in [0.5, 0.6) is 0 Å². The molecule has 1 amide bonds. The van der Waals surface area contributed by atoms with Gasteiger partial charge in [0.05, 0.1) is 6.20 Å². The summed E-state index contributed by atoms with van der Waals surface area (Å²) in [5, 5.41) is 0.319. The van der Waals surface area contributed by atoms with Crippen LogP contribution in [-0.2, 0) is 4.79 Å². The molecular formula is C17H21ClN6O. The molecule has 0 saturated heterocycles. The van der Waals surface area contributed by atoms with Crippen molar-refractivity contribution in [3.05, 3.63) is 23.9 Å². The van der Waals surface area contributed by atoms with Crippen LogP contribution in [-0.4, -0.2) is 44.6 Å². The first-order valence-corrected chi connectivity index (χ1v) is 9.11. The van der Waals surface area contributed by atoms with Crippen molar-refractivity contribution in [2.45, 2.75) is 51.1 Å². The van der Waals surface area contributed by atoms with Gasteiger partial charge in [0, 0.05) is 25.5 Å². The average molecular weight is 361 g/mol. The minimum absolute atomic E-state index is 0.110. The highest BCUT2D eigenvalue weighted by Crippen LogP contribution is 2.39. The van der Waals surface area contributed by atoms with Crippen LogP contribution in [0.1, 0.15) is 39.0 Å². The Balaban J connectivity index is 1.85. The molecule has 2 aromatic rings. The fraction of sp³-hybridized carbons (Fsp3) is 0.529. The fourth-order valence-electron chi connectivity index (χ4n) is 3.92. The van der Waals surface area contributed by atoms with Crippen molar-refractivity contribution in [2.24, 2.45) is 0 Å². The first-order valence-electron chi connectivity index (χ1n) is 8.74. The number of nitrogens with zero attached hydrogens (tertiary/aromatic N) is 6. The standard InChI is InChI=1S/C17H21ClN6O/c1-3-12-15(25)22(2)13-10-20-17(23-9-8-19-16(23)18)21-14(13)24(12)11-6-4-5-7-11/h8-12H,3-7H2,1-2H3/t12-/m1/s1. The van der Waals surface area contributed by atoms with Crippen molar-refractivity contribution in [3.63, 3.8) is 0 Å². The van der Waals surface area contributed by atoms with Crippen molar-refractivity contribution in [1.82, 2.24) is 19.5 Å². The number of imidazole rings is 1. The van der Waals surface area contributed by atoms with Crippen molar-refractivity contribution in [1.29, 1.82) is 0 Å². The normalized spacial score (nSPS) is 21.1. The molecule has 1 atom stereocenters. The Labute approximate surface area is 151 Å². The van der Waals surface area contributed by atoms with E-state index in [1.165, 1.54) is 12.8 Å². The molecule has 0 radical (unpaired) electrons. The zero-order chi connectivity index (χ0) is 17.6. The van der Waals surface area contributed by atoms with Crippen molar-refractivity contribution in [3.8, 4) is 5.95 Å². The van der Waals surface area contributed by atoms with E-state index in [2.05, 4.69) is 21.8 Å². The maximum atomic E-state index is 12.8. The number of hydrogen-bond acceptors (Lipinski definition) is 5. The van der Waals surface area contributed by atoms with E-state index in [1.807, 2.05) is 0 Å². The molecule has 0 unspecified atom stereocenters. The van der Waals surface area contributed by atoms with Crippen LogP contribution < -0.4 is 9.80 Å². The van der Waals surface area contributed by atoms with Gasteiger partial charge in [-0.3, -0.25) is 9.36 Å². The molecule has 7 nitrogen and oxygen atoms in total. The lowest BCUT2D eigenvalue weighted by atomic mass is 10.0. The summed E-state index contributed by atoms with van der Waals surface area (Å²) in [5.41, 5.74) is 0.751. The molecule has 0 spiro atoms. The lowest BCUT2D eigenvalue weighted by Crippen LogP contribution is -2.55. The maximum Gasteiger partial charge on any atom is 0.249 e. The third-order valence-electron chi connectivity index (χ3n) is 5.21. The third-order valence-corrected chi connectivity index (χ3v) is 5.49. The van der Waals surface area contributed by atoms with Gasteiger partial charge < -0.3 is 9.80 Å². The number of amides is 1. The van der Waals surface area contributed by atoms with Gasteiger partial charge in [-0.25, -0.2) is 9.97 Å². The molecule has 25 heavy (non-hydrogen) atoms. The van der Waals surface area contributed by atoms with Crippen LogP contribution in [0.2, 0.25) is 5.28 Å². The molecule has 1 fully saturated rings. The van der Waals surface area contributed by atoms with E-state index < -0.39 is 0 Å². The van der Waals surface area contributed by atoms with Gasteiger partial charge in [-0.2, -0.15) is 4.98 Å². The molecule has 4 rings (SSSR count). The Morgan fingerprint density at radius 1 is 1.28 bits per heavy atom. The summed E-state index contributed by atoms with van der Waals surface area (Å²) < 4.78 is 1.64. The Bertz CT molecular complexity index is 800. The Morgan fingerprint density at radius 3 is 2.68 bits per heavy atom. The molecule has 1 aliphatic heterocycles. The molecule has 0 N–H and O–H groups in total. The van der Waals surface area contributed by atoms with Gasteiger partial charge in [0.25, 0.3) is 0 Å². The van der Waals surface area contributed by atoms with E-state index in [4.69, 9.17) is 16.6 Å². The number of carbonyl (C=O) groups is 1. The van der Waals surface area contributed by atoms with Gasteiger partial charge in [0.1, 0.15) is 11.7 Å². The second kappa shape index (κ2) is 6.29. The molecular weight excluding hydrogens is 340 g/mol. The first-order chi connectivity index (χ1) is 12.1. The van der Waals surface area contributed by atoms with E-state index in [1.54, 1.807) is 35.1 Å². The quantitative estimate of drug-likeness (QED) is 0.842. The predicted molar refractivity (Wildman–Crippen MR) is 96.4 cm³/mol. The largest absolute Gasteiger partial charge is 0.340 e. The van der Waals surface area contributed by atoms with E-state index >= 15 is 0 Å². The number of aromatic nitrogens is 4. The van der Waals surface area contributed by atoms with Crippen molar-refractivity contribution >= 4 is 29.0 Å². The molecule has 3 heterocycles. The van der Waals surface area contributed by atoms with Crippen molar-refractivity contribution in [2.75, 3.05) is 16.8 Å². The molecule has 2 aromatic heterocycles. The van der Waals surface area contributed by atoms with E-state index in [0.29, 0.717) is 17.3 Å².